The van der Waals surface area contributed by atoms with Gasteiger partial charge in [-0.3, -0.25) is 9.88 Å². The van der Waals surface area contributed by atoms with Crippen molar-refractivity contribution < 1.29 is 0 Å². The highest BCUT2D eigenvalue weighted by molar-refractivity contribution is 7.15. The second-order valence-corrected chi connectivity index (χ2v) is 11.6. The molecular weight excluding hydrogens is 512 g/mol. The summed E-state index contributed by atoms with van der Waals surface area (Å²) >= 11 is 1.81. The fraction of sp³-hybridized carbons (Fsp3) is 0.303. The van der Waals surface area contributed by atoms with E-state index in [0.717, 1.165) is 66.6 Å². The molecule has 40 heavy (non-hydrogen) atoms. The van der Waals surface area contributed by atoms with Crippen LogP contribution in [0.15, 0.2) is 60.9 Å². The molecule has 0 atom stereocenters. The van der Waals surface area contributed by atoms with E-state index in [9.17, 15) is 0 Å². The van der Waals surface area contributed by atoms with E-state index in [4.69, 9.17) is 9.97 Å². The Bertz CT molecular complexity index is 1650. The first-order chi connectivity index (χ1) is 19.6. The molecule has 204 valence electrons. The van der Waals surface area contributed by atoms with Gasteiger partial charge in [0, 0.05) is 53.5 Å². The zero-order valence-electron chi connectivity index (χ0n) is 23.7. The first-order valence-corrected chi connectivity index (χ1v) is 15.0. The normalized spacial score (nSPS) is 12.8. The number of benzene rings is 2. The standard InChI is InChI=1S/C33H36N6S/c1-5-15-39(6-2)20-23-16-24-13-14-35-32(31(24)36-17-23)37-28-12-8-10-26(22(28)4)25-9-7-11-27(21(25)3)33-38-29-18-34-19-30(29)40-33/h7-14,16-17,34H,5-6,15,18-20H2,1-4H3,(H,35,37). The van der Waals surface area contributed by atoms with Crippen molar-refractivity contribution in [3.05, 3.63) is 88.2 Å². The van der Waals surface area contributed by atoms with Crippen LogP contribution >= 0.6 is 11.3 Å². The zero-order chi connectivity index (χ0) is 27.6. The lowest BCUT2D eigenvalue weighted by atomic mass is 9.93. The van der Waals surface area contributed by atoms with Crippen LogP contribution in [0.4, 0.5) is 11.5 Å². The molecule has 3 aromatic heterocycles. The SMILES string of the molecule is CCCN(CC)Cc1cnc2c(Nc3cccc(-c4cccc(-c5nc6c(s5)CNC6)c4C)c3C)nccc2c1. The second-order valence-electron chi connectivity index (χ2n) is 10.5. The Labute approximate surface area is 240 Å². The zero-order valence-corrected chi connectivity index (χ0v) is 24.5. The Morgan fingerprint density at radius 1 is 0.950 bits per heavy atom. The van der Waals surface area contributed by atoms with Gasteiger partial charge in [-0.05, 0) is 79.4 Å². The predicted molar refractivity (Wildman–Crippen MR) is 167 cm³/mol. The molecule has 6 nitrogen and oxygen atoms in total. The summed E-state index contributed by atoms with van der Waals surface area (Å²) in [4.78, 5) is 18.3. The van der Waals surface area contributed by atoms with Crippen molar-refractivity contribution in [2.24, 2.45) is 0 Å². The number of hydrogen-bond acceptors (Lipinski definition) is 7. The Kier molecular flexibility index (Phi) is 7.61. The second kappa shape index (κ2) is 11.5. The van der Waals surface area contributed by atoms with Gasteiger partial charge in [-0.2, -0.15) is 0 Å². The molecule has 0 spiro atoms. The van der Waals surface area contributed by atoms with E-state index in [1.165, 1.54) is 44.0 Å². The highest BCUT2D eigenvalue weighted by Crippen LogP contribution is 2.38. The van der Waals surface area contributed by atoms with Gasteiger partial charge in [0.15, 0.2) is 5.82 Å². The minimum Gasteiger partial charge on any atom is -0.338 e. The van der Waals surface area contributed by atoms with E-state index in [-0.39, 0.29) is 0 Å². The van der Waals surface area contributed by atoms with Crippen LogP contribution in [0.25, 0.3) is 32.6 Å². The van der Waals surface area contributed by atoms with Crippen molar-refractivity contribution in [3.63, 3.8) is 0 Å². The van der Waals surface area contributed by atoms with Crippen LogP contribution < -0.4 is 10.6 Å². The lowest BCUT2D eigenvalue weighted by Gasteiger charge is -2.19. The maximum absolute atomic E-state index is 4.94. The first kappa shape index (κ1) is 26.6. The maximum Gasteiger partial charge on any atom is 0.156 e. The summed E-state index contributed by atoms with van der Waals surface area (Å²) in [5.74, 6) is 0.779. The predicted octanol–water partition coefficient (Wildman–Crippen LogP) is 7.62. The van der Waals surface area contributed by atoms with Gasteiger partial charge in [0.1, 0.15) is 10.5 Å². The summed E-state index contributed by atoms with van der Waals surface area (Å²) in [5.41, 5.74) is 10.4. The van der Waals surface area contributed by atoms with E-state index >= 15 is 0 Å². The van der Waals surface area contributed by atoms with Gasteiger partial charge in [-0.1, -0.05) is 44.2 Å². The van der Waals surface area contributed by atoms with Gasteiger partial charge in [0.05, 0.1) is 5.69 Å². The van der Waals surface area contributed by atoms with Crippen molar-refractivity contribution in [1.29, 1.82) is 0 Å². The molecule has 6 rings (SSSR count). The van der Waals surface area contributed by atoms with Gasteiger partial charge in [-0.15, -0.1) is 11.3 Å². The molecule has 1 aliphatic rings. The number of rotatable bonds is 9. The van der Waals surface area contributed by atoms with E-state index in [2.05, 4.69) is 96.7 Å². The highest BCUT2D eigenvalue weighted by Gasteiger charge is 2.20. The molecule has 0 aliphatic carbocycles. The fourth-order valence-corrected chi connectivity index (χ4v) is 6.76. The molecule has 0 amide bonds. The van der Waals surface area contributed by atoms with E-state index in [1.54, 1.807) is 0 Å². The third kappa shape index (κ3) is 5.12. The molecular formula is C33H36N6S. The average Bonchev–Trinajstić information content (AvgIpc) is 3.57. The number of fused-ring (bicyclic) bond motifs is 2. The van der Waals surface area contributed by atoms with Crippen molar-refractivity contribution in [3.8, 4) is 21.7 Å². The topological polar surface area (TPSA) is 66.0 Å². The average molecular weight is 549 g/mol. The number of anilines is 2. The van der Waals surface area contributed by atoms with Gasteiger partial charge in [0.25, 0.3) is 0 Å². The van der Waals surface area contributed by atoms with Gasteiger partial charge >= 0.3 is 0 Å². The molecule has 0 bridgehead atoms. The van der Waals surface area contributed by atoms with Crippen LogP contribution in [0.5, 0.6) is 0 Å². The van der Waals surface area contributed by atoms with Gasteiger partial charge in [0.2, 0.25) is 0 Å². The molecule has 0 fully saturated rings. The molecule has 0 unspecified atom stereocenters. The monoisotopic (exact) mass is 548 g/mol. The lowest BCUT2D eigenvalue weighted by Crippen LogP contribution is -2.23. The number of hydrogen-bond donors (Lipinski definition) is 2. The van der Waals surface area contributed by atoms with E-state index in [1.807, 2.05) is 23.7 Å². The number of aromatic nitrogens is 3. The van der Waals surface area contributed by atoms with Crippen LogP contribution in [0.1, 0.15) is 47.5 Å². The number of thiazole rings is 1. The summed E-state index contributed by atoms with van der Waals surface area (Å²) in [6.07, 6.45) is 5.02. The third-order valence-corrected chi connectivity index (χ3v) is 8.98. The molecule has 7 heteroatoms. The Morgan fingerprint density at radius 2 is 1.75 bits per heavy atom. The van der Waals surface area contributed by atoms with Crippen LogP contribution in [0.2, 0.25) is 0 Å². The van der Waals surface area contributed by atoms with Crippen molar-refractivity contribution in [2.45, 2.75) is 53.8 Å². The molecule has 2 aromatic carbocycles. The lowest BCUT2D eigenvalue weighted by molar-refractivity contribution is 0.280. The van der Waals surface area contributed by atoms with Crippen molar-refractivity contribution >= 4 is 33.7 Å². The smallest absolute Gasteiger partial charge is 0.156 e. The van der Waals surface area contributed by atoms with Crippen LogP contribution in [-0.4, -0.2) is 32.9 Å². The quantitative estimate of drug-likeness (QED) is 0.198. The first-order valence-electron chi connectivity index (χ1n) is 14.2. The number of nitrogens with zero attached hydrogens (tertiary/aromatic N) is 4. The molecule has 0 saturated heterocycles. The molecule has 5 aromatic rings. The summed E-state index contributed by atoms with van der Waals surface area (Å²) in [6.45, 7) is 13.7. The largest absolute Gasteiger partial charge is 0.338 e. The summed E-state index contributed by atoms with van der Waals surface area (Å²) < 4.78 is 0. The highest BCUT2D eigenvalue weighted by atomic mass is 32.1. The van der Waals surface area contributed by atoms with Gasteiger partial charge in [-0.25, -0.2) is 9.97 Å². The minimum absolute atomic E-state index is 0.779. The number of nitrogens with one attached hydrogen (secondary N) is 2. The molecule has 0 saturated carbocycles. The Morgan fingerprint density at radius 3 is 2.55 bits per heavy atom. The van der Waals surface area contributed by atoms with Crippen LogP contribution in [0, 0.1) is 13.8 Å². The third-order valence-electron chi connectivity index (χ3n) is 7.85. The van der Waals surface area contributed by atoms with E-state index < -0.39 is 0 Å². The minimum atomic E-state index is 0.779. The maximum atomic E-state index is 4.94. The van der Waals surface area contributed by atoms with Crippen molar-refractivity contribution in [2.75, 3.05) is 18.4 Å². The number of pyridine rings is 2. The summed E-state index contributed by atoms with van der Waals surface area (Å²) in [7, 11) is 0. The molecule has 0 radical (unpaired) electrons. The summed E-state index contributed by atoms with van der Waals surface area (Å²) in [5, 5.41) is 9.21. The molecule has 1 aliphatic heterocycles. The Balaban J connectivity index is 1.31. The van der Waals surface area contributed by atoms with Crippen LogP contribution in [0.3, 0.4) is 0 Å². The van der Waals surface area contributed by atoms with Crippen molar-refractivity contribution in [1.82, 2.24) is 25.2 Å². The fourth-order valence-electron chi connectivity index (χ4n) is 5.63. The van der Waals surface area contributed by atoms with Crippen LogP contribution in [-0.2, 0) is 19.6 Å². The molecule has 4 heterocycles. The summed E-state index contributed by atoms with van der Waals surface area (Å²) in [6, 6.07) is 17.3. The van der Waals surface area contributed by atoms with E-state index in [0.29, 0.717) is 0 Å². The molecule has 2 N–H and O–H groups in total. The Hall–Kier alpha value is -3.65. The van der Waals surface area contributed by atoms with Gasteiger partial charge < -0.3 is 10.6 Å².